The fourth-order valence-electron chi connectivity index (χ4n) is 4.80. The van der Waals surface area contributed by atoms with E-state index >= 15 is 0 Å². The summed E-state index contributed by atoms with van der Waals surface area (Å²) < 4.78 is 11.6. The summed E-state index contributed by atoms with van der Waals surface area (Å²) in [5.74, 6) is -2.62. The molecule has 6 heteroatoms. The first-order valence-electron chi connectivity index (χ1n) is 8.19. The second kappa shape index (κ2) is 4.65. The topological polar surface area (TPSA) is 86.7 Å². The molecule has 1 saturated carbocycles. The Kier molecular flexibility index (Phi) is 2.96. The number of carbonyl (C=O) groups excluding carboxylic acids is 4. The smallest absolute Gasteiger partial charge is 0.225 e. The molecule has 0 unspecified atom stereocenters. The Morgan fingerprint density at radius 3 is 1.54 bits per heavy atom. The molecule has 1 heterocycles. The van der Waals surface area contributed by atoms with Gasteiger partial charge in [-0.15, -0.1) is 0 Å². The lowest BCUT2D eigenvalue weighted by molar-refractivity contribution is -0.203. The summed E-state index contributed by atoms with van der Waals surface area (Å²) in [5, 5.41) is 0. The monoisotopic (exact) mass is 330 g/mol. The Balaban J connectivity index is 1.94. The van der Waals surface area contributed by atoms with Crippen molar-refractivity contribution in [3.8, 4) is 0 Å². The van der Waals surface area contributed by atoms with Crippen LogP contribution in [0.4, 0.5) is 0 Å². The fourth-order valence-corrected chi connectivity index (χ4v) is 4.80. The number of ether oxygens (including phenoxy) is 2. The number of ketones is 4. The van der Waals surface area contributed by atoms with Crippen molar-refractivity contribution in [1.82, 2.24) is 0 Å². The van der Waals surface area contributed by atoms with Crippen LogP contribution in [0.3, 0.4) is 0 Å². The molecule has 4 rings (SSSR count). The van der Waals surface area contributed by atoms with Gasteiger partial charge in [0.05, 0.1) is 24.0 Å². The molecule has 1 aliphatic heterocycles. The SMILES string of the molecule is C[C@@]12C(=O)C(=O)C=C3OCCCCOC4=CC(=O)C(=O)[C@]1(C)[C@H]4[C@H]32. The van der Waals surface area contributed by atoms with Crippen LogP contribution in [0.2, 0.25) is 0 Å². The predicted octanol–water partition coefficient (Wildman–Crippen LogP) is 1.14. The van der Waals surface area contributed by atoms with Gasteiger partial charge in [-0.1, -0.05) is 13.8 Å². The van der Waals surface area contributed by atoms with E-state index in [0.717, 1.165) is 12.8 Å². The zero-order chi connectivity index (χ0) is 17.3. The Labute approximate surface area is 138 Å². The highest BCUT2D eigenvalue weighted by Gasteiger charge is 2.79. The van der Waals surface area contributed by atoms with Gasteiger partial charge in [-0.3, -0.25) is 19.2 Å². The molecule has 2 fully saturated rings. The van der Waals surface area contributed by atoms with Gasteiger partial charge in [0.25, 0.3) is 0 Å². The van der Waals surface area contributed by atoms with Crippen LogP contribution >= 0.6 is 0 Å². The third-order valence-corrected chi connectivity index (χ3v) is 6.28. The first kappa shape index (κ1) is 15.3. The molecule has 0 aromatic carbocycles. The third-order valence-electron chi connectivity index (χ3n) is 6.28. The minimum atomic E-state index is -1.27. The van der Waals surface area contributed by atoms with Crippen LogP contribution in [0.25, 0.3) is 0 Å². The van der Waals surface area contributed by atoms with E-state index in [0.29, 0.717) is 24.7 Å². The molecule has 0 amide bonds. The van der Waals surface area contributed by atoms with E-state index in [9.17, 15) is 19.2 Å². The average Bonchev–Trinajstić information content (AvgIpc) is 2.55. The Morgan fingerprint density at radius 1 is 0.792 bits per heavy atom. The highest BCUT2D eigenvalue weighted by Crippen LogP contribution is 2.71. The van der Waals surface area contributed by atoms with Gasteiger partial charge >= 0.3 is 0 Å². The van der Waals surface area contributed by atoms with Crippen LogP contribution in [-0.2, 0) is 28.7 Å². The van der Waals surface area contributed by atoms with Crippen LogP contribution in [0, 0.1) is 22.7 Å². The lowest BCUT2D eigenvalue weighted by Gasteiger charge is -2.66. The minimum absolute atomic E-state index is 0.429. The number of fused-ring (bicyclic) bond motifs is 1. The number of rotatable bonds is 0. The molecule has 6 nitrogen and oxygen atoms in total. The van der Waals surface area contributed by atoms with Gasteiger partial charge in [-0.05, 0) is 12.8 Å². The van der Waals surface area contributed by atoms with E-state index in [4.69, 9.17) is 9.47 Å². The molecule has 0 N–H and O–H groups in total. The van der Waals surface area contributed by atoms with Crippen molar-refractivity contribution in [3.63, 3.8) is 0 Å². The standard InChI is InChI=1S/C18H18O6/c1-17-13-11(7-9(19)15(17)21)23-5-3-4-6-24-12-8-10(20)16(22)18(17,2)14(12)13/h7-8,13-14H,3-6H2,1-2H3/t13-,14+,17+,18-. The quantitative estimate of drug-likeness (QED) is 0.619. The van der Waals surface area contributed by atoms with Crippen molar-refractivity contribution in [2.75, 3.05) is 13.2 Å². The van der Waals surface area contributed by atoms with Gasteiger partial charge in [0.2, 0.25) is 23.1 Å². The number of hydrogen-bond acceptors (Lipinski definition) is 6. The molecule has 3 aliphatic carbocycles. The maximum absolute atomic E-state index is 12.7. The molecule has 4 aliphatic rings. The number of hydrogen-bond donors (Lipinski definition) is 0. The molecule has 24 heavy (non-hydrogen) atoms. The molecular formula is C18H18O6. The Bertz CT molecular complexity index is 695. The average molecular weight is 330 g/mol. The first-order valence-corrected chi connectivity index (χ1v) is 8.19. The van der Waals surface area contributed by atoms with Gasteiger partial charge in [0.15, 0.2) is 0 Å². The lowest BCUT2D eigenvalue weighted by atomic mass is 9.33. The van der Waals surface area contributed by atoms with Crippen molar-refractivity contribution in [3.05, 3.63) is 23.7 Å². The normalized spacial score (nSPS) is 41.2. The summed E-state index contributed by atoms with van der Waals surface area (Å²) in [6.45, 7) is 4.06. The van der Waals surface area contributed by atoms with Crippen LogP contribution < -0.4 is 0 Å². The Hall–Kier alpha value is -2.24. The molecule has 4 atom stereocenters. The zero-order valence-electron chi connectivity index (χ0n) is 13.6. The highest BCUT2D eigenvalue weighted by atomic mass is 16.5. The molecule has 0 spiro atoms. The molecule has 0 radical (unpaired) electrons. The zero-order valence-corrected chi connectivity index (χ0v) is 13.6. The highest BCUT2D eigenvalue weighted by molar-refractivity contribution is 6.49. The van der Waals surface area contributed by atoms with Crippen molar-refractivity contribution < 1.29 is 28.7 Å². The van der Waals surface area contributed by atoms with Gasteiger partial charge in [-0.2, -0.15) is 0 Å². The van der Waals surface area contributed by atoms with E-state index in [1.165, 1.54) is 12.2 Å². The molecule has 0 aromatic rings. The number of allylic oxidation sites excluding steroid dienone is 4. The van der Waals surface area contributed by atoms with Crippen LogP contribution in [-0.4, -0.2) is 36.3 Å². The molecule has 126 valence electrons. The molecule has 1 saturated heterocycles. The lowest BCUT2D eigenvalue weighted by Crippen LogP contribution is -2.74. The van der Waals surface area contributed by atoms with Crippen molar-refractivity contribution in [1.29, 1.82) is 0 Å². The van der Waals surface area contributed by atoms with Crippen molar-refractivity contribution in [2.24, 2.45) is 22.7 Å². The summed E-state index contributed by atoms with van der Waals surface area (Å²) in [7, 11) is 0. The summed E-state index contributed by atoms with van der Waals surface area (Å²) in [6.07, 6.45) is 3.97. The van der Waals surface area contributed by atoms with Crippen LogP contribution in [0.5, 0.6) is 0 Å². The predicted molar refractivity (Wildman–Crippen MR) is 80.5 cm³/mol. The van der Waals surface area contributed by atoms with E-state index in [-0.39, 0.29) is 0 Å². The van der Waals surface area contributed by atoms with E-state index in [1.807, 2.05) is 0 Å². The van der Waals surface area contributed by atoms with Gasteiger partial charge in [0.1, 0.15) is 11.5 Å². The summed E-state index contributed by atoms with van der Waals surface area (Å²) in [6, 6.07) is 0. The second-order valence-corrected chi connectivity index (χ2v) is 7.24. The second-order valence-electron chi connectivity index (χ2n) is 7.24. The van der Waals surface area contributed by atoms with Crippen molar-refractivity contribution in [2.45, 2.75) is 26.7 Å². The van der Waals surface area contributed by atoms with Gasteiger partial charge < -0.3 is 9.47 Å². The summed E-state index contributed by atoms with van der Waals surface area (Å²) in [4.78, 5) is 49.7. The number of Topliss-reactive ketones (excluding diaryl/α,β-unsaturated/α-hetero) is 2. The maximum atomic E-state index is 12.7. The maximum Gasteiger partial charge on any atom is 0.225 e. The van der Waals surface area contributed by atoms with E-state index in [2.05, 4.69) is 0 Å². The first-order chi connectivity index (χ1) is 11.3. The minimum Gasteiger partial charge on any atom is -0.497 e. The molecular weight excluding hydrogens is 312 g/mol. The van der Waals surface area contributed by atoms with Crippen LogP contribution in [0.15, 0.2) is 23.7 Å². The van der Waals surface area contributed by atoms with Crippen molar-refractivity contribution >= 4 is 23.1 Å². The number of carbonyl (C=O) groups is 4. The summed E-state index contributed by atoms with van der Waals surface area (Å²) in [5.41, 5.74) is -2.54. The van der Waals surface area contributed by atoms with Gasteiger partial charge in [-0.25, -0.2) is 0 Å². The van der Waals surface area contributed by atoms with E-state index in [1.54, 1.807) is 13.8 Å². The molecule has 0 bridgehead atoms. The molecule has 0 aromatic heterocycles. The third kappa shape index (κ3) is 1.51. The van der Waals surface area contributed by atoms with E-state index < -0.39 is 45.8 Å². The van der Waals surface area contributed by atoms with Crippen LogP contribution in [0.1, 0.15) is 26.7 Å². The largest absolute Gasteiger partial charge is 0.497 e. The van der Waals surface area contributed by atoms with Gasteiger partial charge in [0, 0.05) is 24.0 Å². The summed E-state index contributed by atoms with van der Waals surface area (Å²) >= 11 is 0. The Morgan fingerprint density at radius 2 is 1.17 bits per heavy atom. The fraction of sp³-hybridized carbons (Fsp3) is 0.556.